The number of nitrogens with two attached hydrogens (primary N) is 1. The summed E-state index contributed by atoms with van der Waals surface area (Å²) in [6, 6.07) is 14.5. The van der Waals surface area contributed by atoms with Gasteiger partial charge in [-0.25, -0.2) is 9.59 Å². The van der Waals surface area contributed by atoms with Gasteiger partial charge in [-0.1, -0.05) is 30.3 Å². The quantitative estimate of drug-likeness (QED) is 0.731. The minimum absolute atomic E-state index is 0.558. The Kier molecular flexibility index (Phi) is 7.15. The molecule has 116 valence electrons. The van der Waals surface area contributed by atoms with Crippen LogP contribution in [0.5, 0.6) is 0 Å². The van der Waals surface area contributed by atoms with Gasteiger partial charge in [0.2, 0.25) is 0 Å². The molecule has 22 heavy (non-hydrogen) atoms. The fourth-order valence-electron chi connectivity index (χ4n) is 1.76. The molecule has 6 heteroatoms. The van der Waals surface area contributed by atoms with Crippen LogP contribution in [0.4, 0.5) is 0 Å². The first-order chi connectivity index (χ1) is 10.5. The van der Waals surface area contributed by atoms with Crippen LogP contribution < -0.4 is 5.73 Å². The number of hydrogen-bond donors (Lipinski definition) is 3. The third kappa shape index (κ3) is 6.06. The van der Waals surface area contributed by atoms with Crippen molar-refractivity contribution in [2.75, 3.05) is 6.54 Å². The van der Waals surface area contributed by atoms with Crippen molar-refractivity contribution in [1.82, 2.24) is 4.57 Å². The van der Waals surface area contributed by atoms with Crippen LogP contribution in [0.3, 0.4) is 0 Å². The van der Waals surface area contributed by atoms with Gasteiger partial charge in [-0.3, -0.25) is 0 Å². The molecule has 4 N–H and O–H groups in total. The van der Waals surface area contributed by atoms with Gasteiger partial charge in [0.15, 0.2) is 0 Å². The van der Waals surface area contributed by atoms with E-state index < -0.39 is 11.9 Å². The molecule has 2 rings (SSSR count). The highest BCUT2D eigenvalue weighted by atomic mass is 16.4. The zero-order valence-corrected chi connectivity index (χ0v) is 11.9. The lowest BCUT2D eigenvalue weighted by Gasteiger charge is -2.07. The molecule has 0 aliphatic carbocycles. The second-order valence-corrected chi connectivity index (χ2v) is 4.25. The van der Waals surface area contributed by atoms with E-state index in [0.717, 1.165) is 6.54 Å². The summed E-state index contributed by atoms with van der Waals surface area (Å²) in [5, 5.41) is 15.6. The van der Waals surface area contributed by atoms with Crippen molar-refractivity contribution >= 4 is 11.9 Å². The molecule has 6 nitrogen and oxygen atoms in total. The molecule has 0 unspecified atom stereocenters. The van der Waals surface area contributed by atoms with Gasteiger partial charge < -0.3 is 20.5 Å². The van der Waals surface area contributed by atoms with Gasteiger partial charge in [0.05, 0.1) is 0 Å². The number of aromatic nitrogens is 1. The maximum Gasteiger partial charge on any atom is 0.328 e. The van der Waals surface area contributed by atoms with Gasteiger partial charge in [0, 0.05) is 37.1 Å². The Morgan fingerprint density at radius 3 is 2.09 bits per heavy atom. The highest BCUT2D eigenvalue weighted by molar-refractivity contribution is 5.89. The molecule has 1 heterocycles. The standard InChI is InChI=1S/C12H14N2.C4H4O4/c13-8-10-14-9-4-7-12(14)11-5-2-1-3-6-11;5-3(6)1-2-4(7)8/h1-7,9H,8,10,13H2;1-2H,(H,5,6)(H,7,8). The Morgan fingerprint density at radius 1 is 1.00 bits per heavy atom. The van der Waals surface area contributed by atoms with E-state index in [-0.39, 0.29) is 0 Å². The first-order valence-electron chi connectivity index (χ1n) is 6.59. The van der Waals surface area contributed by atoms with Crippen molar-refractivity contribution in [2.45, 2.75) is 6.54 Å². The molecule has 1 aromatic carbocycles. The lowest BCUT2D eigenvalue weighted by Crippen LogP contribution is -2.09. The minimum atomic E-state index is -1.26. The number of rotatable bonds is 5. The fourth-order valence-corrected chi connectivity index (χ4v) is 1.76. The van der Waals surface area contributed by atoms with Crippen LogP contribution in [-0.4, -0.2) is 33.3 Å². The normalized spacial score (nSPS) is 10.0. The molecule has 0 fully saturated rings. The zero-order chi connectivity index (χ0) is 16.4. The number of benzene rings is 1. The van der Waals surface area contributed by atoms with E-state index in [1.54, 1.807) is 0 Å². The summed E-state index contributed by atoms with van der Waals surface area (Å²) >= 11 is 0. The second kappa shape index (κ2) is 9.15. The van der Waals surface area contributed by atoms with Crippen molar-refractivity contribution in [2.24, 2.45) is 5.73 Å². The summed E-state index contributed by atoms with van der Waals surface area (Å²) in [6.07, 6.45) is 3.18. The third-order valence-electron chi connectivity index (χ3n) is 2.64. The van der Waals surface area contributed by atoms with E-state index in [0.29, 0.717) is 18.7 Å². The lowest BCUT2D eigenvalue weighted by molar-refractivity contribution is -0.134. The van der Waals surface area contributed by atoms with Crippen LogP contribution in [0.2, 0.25) is 0 Å². The maximum atomic E-state index is 9.55. The summed E-state index contributed by atoms with van der Waals surface area (Å²) in [5.74, 6) is -2.51. The number of carboxylic acid groups (broad SMARTS) is 2. The van der Waals surface area contributed by atoms with E-state index >= 15 is 0 Å². The smallest absolute Gasteiger partial charge is 0.328 e. The van der Waals surface area contributed by atoms with E-state index in [2.05, 4.69) is 47.2 Å². The van der Waals surface area contributed by atoms with Gasteiger partial charge in [-0.15, -0.1) is 0 Å². The molecule has 0 saturated heterocycles. The molecular formula is C16H18N2O4. The Bertz CT molecular complexity index is 617. The molecule has 2 aromatic rings. The monoisotopic (exact) mass is 302 g/mol. The highest BCUT2D eigenvalue weighted by Gasteiger charge is 2.01. The topological polar surface area (TPSA) is 106 Å². The van der Waals surface area contributed by atoms with Gasteiger partial charge in [0.1, 0.15) is 0 Å². The van der Waals surface area contributed by atoms with Crippen molar-refractivity contribution in [1.29, 1.82) is 0 Å². The Hall–Kier alpha value is -2.86. The van der Waals surface area contributed by atoms with E-state index in [1.165, 1.54) is 11.3 Å². The number of hydrogen-bond acceptors (Lipinski definition) is 3. The van der Waals surface area contributed by atoms with Crippen molar-refractivity contribution < 1.29 is 19.8 Å². The minimum Gasteiger partial charge on any atom is -0.478 e. The Labute approximate surface area is 128 Å². The highest BCUT2D eigenvalue weighted by Crippen LogP contribution is 2.19. The number of carboxylic acids is 2. The first-order valence-corrected chi connectivity index (χ1v) is 6.59. The number of nitrogens with zero attached hydrogens (tertiary/aromatic N) is 1. The Morgan fingerprint density at radius 2 is 1.59 bits per heavy atom. The molecule has 0 radical (unpaired) electrons. The van der Waals surface area contributed by atoms with Crippen LogP contribution >= 0.6 is 0 Å². The van der Waals surface area contributed by atoms with Crippen LogP contribution in [0.1, 0.15) is 0 Å². The molecule has 0 amide bonds. The van der Waals surface area contributed by atoms with Crippen molar-refractivity contribution in [3.05, 3.63) is 60.8 Å². The molecule has 0 bridgehead atoms. The largest absolute Gasteiger partial charge is 0.478 e. The van der Waals surface area contributed by atoms with E-state index in [1.807, 2.05) is 6.07 Å². The zero-order valence-electron chi connectivity index (χ0n) is 11.9. The molecule has 1 aromatic heterocycles. The van der Waals surface area contributed by atoms with Crippen molar-refractivity contribution in [3.63, 3.8) is 0 Å². The summed E-state index contributed by atoms with van der Waals surface area (Å²) in [5.41, 5.74) is 8.02. The number of carbonyl (C=O) groups is 2. The average Bonchev–Trinajstić information content (AvgIpc) is 2.95. The first kappa shape index (κ1) is 17.2. The van der Waals surface area contributed by atoms with Crippen LogP contribution in [0, 0.1) is 0 Å². The molecular weight excluding hydrogens is 284 g/mol. The van der Waals surface area contributed by atoms with Gasteiger partial charge >= 0.3 is 11.9 Å². The Balaban J connectivity index is 0.000000261. The summed E-state index contributed by atoms with van der Waals surface area (Å²) in [4.78, 5) is 19.1. The summed E-state index contributed by atoms with van der Waals surface area (Å²) in [6.45, 7) is 1.55. The molecule has 0 atom stereocenters. The number of aliphatic carboxylic acids is 2. The predicted octanol–water partition coefficient (Wildman–Crippen LogP) is 1.83. The predicted molar refractivity (Wildman–Crippen MR) is 83.3 cm³/mol. The maximum absolute atomic E-state index is 9.55. The van der Waals surface area contributed by atoms with Crippen LogP contribution in [0.25, 0.3) is 11.3 Å². The third-order valence-corrected chi connectivity index (χ3v) is 2.64. The lowest BCUT2D eigenvalue weighted by atomic mass is 10.1. The second-order valence-electron chi connectivity index (χ2n) is 4.25. The average molecular weight is 302 g/mol. The summed E-state index contributed by atoms with van der Waals surface area (Å²) in [7, 11) is 0. The molecule has 0 saturated carbocycles. The van der Waals surface area contributed by atoms with E-state index in [9.17, 15) is 9.59 Å². The SMILES string of the molecule is NCCn1cccc1-c1ccccc1.O=C(O)C=CC(=O)O. The van der Waals surface area contributed by atoms with E-state index in [4.69, 9.17) is 15.9 Å². The molecule has 0 aliphatic rings. The van der Waals surface area contributed by atoms with Crippen molar-refractivity contribution in [3.8, 4) is 11.3 Å². The molecule has 0 aliphatic heterocycles. The van der Waals surface area contributed by atoms with Gasteiger partial charge in [-0.05, 0) is 17.7 Å². The van der Waals surface area contributed by atoms with Crippen LogP contribution in [-0.2, 0) is 16.1 Å². The van der Waals surface area contributed by atoms with Crippen LogP contribution in [0.15, 0.2) is 60.8 Å². The van der Waals surface area contributed by atoms with Gasteiger partial charge in [0.25, 0.3) is 0 Å². The fraction of sp³-hybridized carbons (Fsp3) is 0.125. The van der Waals surface area contributed by atoms with Gasteiger partial charge in [-0.2, -0.15) is 0 Å². The molecule has 0 spiro atoms. The summed E-state index contributed by atoms with van der Waals surface area (Å²) < 4.78 is 2.18.